The van der Waals surface area contributed by atoms with Crippen LogP contribution in [0.25, 0.3) is 20.5 Å². The number of hydrogen-bond donors (Lipinski definition) is 2. The van der Waals surface area contributed by atoms with Crippen LogP contribution in [0.2, 0.25) is 0 Å². The first-order chi connectivity index (χ1) is 12.6. The second-order valence-electron chi connectivity index (χ2n) is 5.43. The fourth-order valence-corrected chi connectivity index (χ4v) is 4.06. The van der Waals surface area contributed by atoms with Crippen molar-refractivity contribution in [2.45, 2.75) is 0 Å². The molecule has 0 spiro atoms. The van der Waals surface area contributed by atoms with Gasteiger partial charge >= 0.3 is 5.97 Å². The molecule has 0 amide bonds. The number of aromatic carboxylic acids is 1. The number of carboxylic acid groups (broad SMARTS) is 1. The van der Waals surface area contributed by atoms with Gasteiger partial charge in [-0.05, 0) is 35.9 Å². The van der Waals surface area contributed by atoms with E-state index in [1.54, 1.807) is 18.5 Å². The molecule has 6 nitrogen and oxygen atoms in total. The Morgan fingerprint density at radius 2 is 2.04 bits per heavy atom. The molecule has 0 radical (unpaired) electrons. The molecular formula is C18H11BrN4O2S. The van der Waals surface area contributed by atoms with Crippen molar-refractivity contribution in [3.8, 4) is 10.4 Å². The molecule has 8 heteroatoms. The lowest BCUT2D eigenvalue weighted by atomic mass is 10.1. The molecule has 0 aliphatic carbocycles. The monoisotopic (exact) mass is 426 g/mol. The third kappa shape index (κ3) is 3.16. The summed E-state index contributed by atoms with van der Waals surface area (Å²) in [6, 6.07) is 13.4. The highest BCUT2D eigenvalue weighted by atomic mass is 79.9. The number of pyridine rings is 1. The van der Waals surface area contributed by atoms with Crippen LogP contribution in [0.4, 0.5) is 11.5 Å². The second kappa shape index (κ2) is 6.81. The van der Waals surface area contributed by atoms with E-state index < -0.39 is 5.97 Å². The molecule has 4 rings (SSSR count). The SMILES string of the molecule is O=C(O)c1nnc(Nc2cccnc2)c2cc(-c3cccc(Br)c3)sc12. The van der Waals surface area contributed by atoms with Crippen LogP contribution < -0.4 is 5.32 Å². The van der Waals surface area contributed by atoms with E-state index in [9.17, 15) is 9.90 Å². The molecule has 128 valence electrons. The summed E-state index contributed by atoms with van der Waals surface area (Å²) in [6.45, 7) is 0. The third-order valence-corrected chi connectivity index (χ3v) is 5.37. The summed E-state index contributed by atoms with van der Waals surface area (Å²) in [7, 11) is 0. The number of fused-ring (bicyclic) bond motifs is 1. The molecule has 2 N–H and O–H groups in total. The molecule has 1 aromatic carbocycles. The normalized spacial score (nSPS) is 10.8. The molecular weight excluding hydrogens is 416 g/mol. The van der Waals surface area contributed by atoms with E-state index in [4.69, 9.17) is 0 Å². The Morgan fingerprint density at radius 1 is 1.15 bits per heavy atom. The Hall–Kier alpha value is -2.84. The Morgan fingerprint density at radius 3 is 2.77 bits per heavy atom. The zero-order valence-corrected chi connectivity index (χ0v) is 15.6. The number of rotatable bonds is 4. The van der Waals surface area contributed by atoms with Gasteiger partial charge in [0.2, 0.25) is 0 Å². The first-order valence-electron chi connectivity index (χ1n) is 7.58. The molecule has 26 heavy (non-hydrogen) atoms. The summed E-state index contributed by atoms with van der Waals surface area (Å²) in [5, 5.41) is 21.3. The van der Waals surface area contributed by atoms with Crippen LogP contribution in [-0.4, -0.2) is 26.3 Å². The number of nitrogens with zero attached hydrogens (tertiary/aromatic N) is 3. The van der Waals surface area contributed by atoms with Gasteiger partial charge in [0, 0.05) is 20.9 Å². The molecule has 4 aromatic rings. The Balaban J connectivity index is 1.88. The van der Waals surface area contributed by atoms with Gasteiger partial charge in [-0.15, -0.1) is 21.5 Å². The summed E-state index contributed by atoms with van der Waals surface area (Å²) in [5.41, 5.74) is 1.69. The third-order valence-electron chi connectivity index (χ3n) is 3.69. The summed E-state index contributed by atoms with van der Waals surface area (Å²) >= 11 is 4.85. The summed E-state index contributed by atoms with van der Waals surface area (Å²) in [6.07, 6.45) is 3.34. The van der Waals surface area contributed by atoms with Crippen LogP contribution in [0, 0.1) is 0 Å². The number of carboxylic acids is 1. The standard InChI is InChI=1S/C18H11BrN4O2S/c19-11-4-1-3-10(7-11)14-8-13-16(26-14)15(18(24)25)22-23-17(13)21-12-5-2-6-20-9-12/h1-9H,(H,21,23)(H,24,25). The Bertz CT molecular complexity index is 1110. The first-order valence-corrected chi connectivity index (χ1v) is 9.19. The highest BCUT2D eigenvalue weighted by molar-refractivity contribution is 9.10. The molecule has 0 aliphatic rings. The maximum absolute atomic E-state index is 11.6. The second-order valence-corrected chi connectivity index (χ2v) is 7.40. The van der Waals surface area contributed by atoms with E-state index in [2.05, 4.69) is 36.4 Å². The number of hydrogen-bond acceptors (Lipinski definition) is 6. The van der Waals surface area contributed by atoms with E-state index >= 15 is 0 Å². The van der Waals surface area contributed by atoms with Crippen LogP contribution in [0.3, 0.4) is 0 Å². The van der Waals surface area contributed by atoms with Crippen molar-refractivity contribution < 1.29 is 9.90 Å². The van der Waals surface area contributed by atoms with Gasteiger partial charge in [0.05, 0.1) is 16.6 Å². The molecule has 0 saturated carbocycles. The minimum atomic E-state index is -1.10. The van der Waals surface area contributed by atoms with Crippen LogP contribution >= 0.6 is 27.3 Å². The van der Waals surface area contributed by atoms with E-state index in [0.717, 1.165) is 20.6 Å². The number of anilines is 2. The summed E-state index contributed by atoms with van der Waals surface area (Å²) < 4.78 is 1.53. The van der Waals surface area contributed by atoms with Crippen molar-refractivity contribution in [1.29, 1.82) is 0 Å². The highest BCUT2D eigenvalue weighted by Crippen LogP contribution is 2.38. The lowest BCUT2D eigenvalue weighted by Crippen LogP contribution is -2.04. The number of nitrogens with one attached hydrogen (secondary N) is 1. The predicted molar refractivity (Wildman–Crippen MR) is 105 cm³/mol. The van der Waals surface area contributed by atoms with Gasteiger partial charge in [0.15, 0.2) is 11.5 Å². The van der Waals surface area contributed by atoms with Gasteiger partial charge in [-0.25, -0.2) is 4.79 Å². The van der Waals surface area contributed by atoms with Crippen LogP contribution in [0.1, 0.15) is 10.5 Å². The van der Waals surface area contributed by atoms with Gasteiger partial charge in [-0.1, -0.05) is 28.1 Å². The van der Waals surface area contributed by atoms with Crippen LogP contribution in [0.15, 0.2) is 59.3 Å². The number of benzene rings is 1. The van der Waals surface area contributed by atoms with Crippen molar-refractivity contribution in [2.24, 2.45) is 0 Å². The van der Waals surface area contributed by atoms with Gasteiger partial charge in [0.1, 0.15) is 0 Å². The fraction of sp³-hybridized carbons (Fsp3) is 0. The zero-order chi connectivity index (χ0) is 18.1. The van der Waals surface area contributed by atoms with Crippen molar-refractivity contribution in [1.82, 2.24) is 15.2 Å². The Labute approximate surface area is 160 Å². The maximum atomic E-state index is 11.6. The van der Waals surface area contributed by atoms with E-state index in [0.29, 0.717) is 15.9 Å². The fourth-order valence-electron chi connectivity index (χ4n) is 2.53. The average molecular weight is 427 g/mol. The quantitative estimate of drug-likeness (QED) is 0.479. The predicted octanol–water partition coefficient (Wildman–Crippen LogP) is 4.96. The average Bonchev–Trinajstić information content (AvgIpc) is 3.08. The largest absolute Gasteiger partial charge is 0.476 e. The van der Waals surface area contributed by atoms with Crippen LogP contribution in [-0.2, 0) is 0 Å². The molecule has 0 fully saturated rings. The number of carbonyl (C=O) groups is 1. The number of thiophene rings is 1. The molecule has 0 aliphatic heterocycles. The lowest BCUT2D eigenvalue weighted by Gasteiger charge is -2.06. The van der Waals surface area contributed by atoms with Gasteiger partial charge in [0.25, 0.3) is 0 Å². The summed E-state index contributed by atoms with van der Waals surface area (Å²) in [4.78, 5) is 16.6. The van der Waals surface area contributed by atoms with Gasteiger partial charge in [-0.3, -0.25) is 4.98 Å². The first kappa shape index (κ1) is 16.6. The van der Waals surface area contributed by atoms with Crippen molar-refractivity contribution in [3.63, 3.8) is 0 Å². The molecule has 3 heterocycles. The van der Waals surface area contributed by atoms with Crippen molar-refractivity contribution >= 4 is 54.8 Å². The molecule has 0 saturated heterocycles. The van der Waals surface area contributed by atoms with E-state index in [1.165, 1.54) is 11.3 Å². The van der Waals surface area contributed by atoms with Crippen molar-refractivity contribution in [2.75, 3.05) is 5.32 Å². The smallest absolute Gasteiger partial charge is 0.357 e. The summed E-state index contributed by atoms with van der Waals surface area (Å²) in [5.74, 6) is -0.603. The van der Waals surface area contributed by atoms with E-state index in [-0.39, 0.29) is 5.69 Å². The minimum Gasteiger partial charge on any atom is -0.476 e. The lowest BCUT2D eigenvalue weighted by molar-refractivity contribution is 0.0692. The Kier molecular flexibility index (Phi) is 4.36. The number of aromatic nitrogens is 3. The maximum Gasteiger partial charge on any atom is 0.357 e. The van der Waals surface area contributed by atoms with Crippen molar-refractivity contribution in [3.05, 3.63) is 65.0 Å². The van der Waals surface area contributed by atoms with E-state index in [1.807, 2.05) is 36.4 Å². The topological polar surface area (TPSA) is 88.0 Å². The van der Waals surface area contributed by atoms with Gasteiger partial charge < -0.3 is 10.4 Å². The minimum absolute atomic E-state index is 0.0528. The zero-order valence-electron chi connectivity index (χ0n) is 13.2. The molecule has 0 atom stereocenters. The van der Waals surface area contributed by atoms with Crippen LogP contribution in [0.5, 0.6) is 0 Å². The molecule has 0 bridgehead atoms. The van der Waals surface area contributed by atoms with Gasteiger partial charge in [-0.2, -0.15) is 0 Å². The number of halogens is 1. The highest BCUT2D eigenvalue weighted by Gasteiger charge is 2.19. The molecule has 3 aromatic heterocycles. The molecule has 0 unspecified atom stereocenters.